The molecule has 0 aromatic heterocycles. The van der Waals surface area contributed by atoms with Gasteiger partial charge < -0.3 is 15.0 Å². The monoisotopic (exact) mass is 663 g/mol. The standard InChI is InChI=1S/C33H34BrN3O5S/c1-24-14-19-31(42-3)29(20-24)37(43(40,41)28-12-8-5-9-13-28)23-32(38)36(22-26-15-17-27(34)18-16-26)30(33(39)35-2)21-25-10-6-4-7-11-25/h4-20,30H,21-23H2,1-3H3,(H,35,39). The van der Waals surface area contributed by atoms with E-state index in [-0.39, 0.29) is 29.5 Å². The third kappa shape index (κ3) is 7.82. The number of carbonyl (C=O) groups is 2. The summed E-state index contributed by atoms with van der Waals surface area (Å²) in [4.78, 5) is 29.2. The zero-order chi connectivity index (χ0) is 31.0. The molecule has 4 aromatic rings. The zero-order valence-corrected chi connectivity index (χ0v) is 26.6. The van der Waals surface area contributed by atoms with Gasteiger partial charge in [-0.3, -0.25) is 13.9 Å². The lowest BCUT2D eigenvalue weighted by atomic mass is 10.0. The van der Waals surface area contributed by atoms with Gasteiger partial charge in [-0.25, -0.2) is 8.42 Å². The molecule has 0 radical (unpaired) electrons. The van der Waals surface area contributed by atoms with E-state index < -0.39 is 28.5 Å². The average Bonchev–Trinajstić information content (AvgIpc) is 3.02. The molecule has 0 spiro atoms. The molecular formula is C33H34BrN3O5S. The van der Waals surface area contributed by atoms with Crippen LogP contribution in [0.4, 0.5) is 5.69 Å². The van der Waals surface area contributed by atoms with E-state index in [9.17, 15) is 18.0 Å². The van der Waals surface area contributed by atoms with Crippen molar-refractivity contribution in [1.29, 1.82) is 0 Å². The molecule has 0 aliphatic heterocycles. The van der Waals surface area contributed by atoms with Crippen LogP contribution in [0.2, 0.25) is 0 Å². The second-order valence-corrected chi connectivity index (χ2v) is 12.7. The Balaban J connectivity index is 1.82. The Hall–Kier alpha value is -4.15. The fraction of sp³-hybridized carbons (Fsp3) is 0.212. The Morgan fingerprint density at radius 3 is 2.12 bits per heavy atom. The number of rotatable bonds is 12. The molecule has 8 nitrogen and oxygen atoms in total. The highest BCUT2D eigenvalue weighted by Crippen LogP contribution is 2.34. The Kier molecular flexibility index (Phi) is 10.6. The minimum Gasteiger partial charge on any atom is -0.495 e. The number of sulfonamides is 1. The van der Waals surface area contributed by atoms with E-state index in [2.05, 4.69) is 21.2 Å². The Morgan fingerprint density at radius 1 is 0.884 bits per heavy atom. The second kappa shape index (κ2) is 14.3. The second-order valence-electron chi connectivity index (χ2n) is 9.97. The SMILES string of the molecule is CNC(=O)C(Cc1ccccc1)N(Cc1ccc(Br)cc1)C(=O)CN(c1cc(C)ccc1OC)S(=O)(=O)c1ccccc1. The number of ether oxygens (including phenoxy) is 1. The molecular weight excluding hydrogens is 630 g/mol. The number of hydrogen-bond donors (Lipinski definition) is 1. The van der Waals surface area contributed by atoms with E-state index in [0.717, 1.165) is 25.5 Å². The number of anilines is 1. The molecule has 0 heterocycles. The van der Waals surface area contributed by atoms with E-state index in [1.165, 1.54) is 31.2 Å². The van der Waals surface area contributed by atoms with Crippen LogP contribution >= 0.6 is 15.9 Å². The minimum absolute atomic E-state index is 0.0259. The van der Waals surface area contributed by atoms with Crippen LogP contribution in [0, 0.1) is 6.92 Å². The van der Waals surface area contributed by atoms with Gasteiger partial charge in [0.2, 0.25) is 11.8 Å². The number of methoxy groups -OCH3 is 1. The van der Waals surface area contributed by atoms with Crippen LogP contribution < -0.4 is 14.4 Å². The van der Waals surface area contributed by atoms with Gasteiger partial charge in [-0.05, 0) is 60.0 Å². The number of benzene rings is 4. The number of nitrogens with zero attached hydrogens (tertiary/aromatic N) is 2. The highest BCUT2D eigenvalue weighted by molar-refractivity contribution is 9.10. The number of hydrogen-bond acceptors (Lipinski definition) is 5. The predicted molar refractivity (Wildman–Crippen MR) is 171 cm³/mol. The smallest absolute Gasteiger partial charge is 0.264 e. The van der Waals surface area contributed by atoms with Crippen LogP contribution in [-0.2, 0) is 32.6 Å². The van der Waals surface area contributed by atoms with Gasteiger partial charge in [0.1, 0.15) is 18.3 Å². The van der Waals surface area contributed by atoms with Crippen molar-refractivity contribution >= 4 is 43.5 Å². The molecule has 0 saturated carbocycles. The van der Waals surface area contributed by atoms with Gasteiger partial charge in [-0.2, -0.15) is 0 Å². The summed E-state index contributed by atoms with van der Waals surface area (Å²) in [6.45, 7) is 1.36. The van der Waals surface area contributed by atoms with Crippen LogP contribution in [0.15, 0.2) is 112 Å². The van der Waals surface area contributed by atoms with Crippen LogP contribution in [0.1, 0.15) is 16.7 Å². The Bertz CT molecular complexity index is 1650. The van der Waals surface area contributed by atoms with Crippen molar-refractivity contribution in [2.75, 3.05) is 25.0 Å². The quantitative estimate of drug-likeness (QED) is 0.221. The van der Waals surface area contributed by atoms with Gasteiger partial charge in [-0.1, -0.05) is 82.7 Å². The summed E-state index contributed by atoms with van der Waals surface area (Å²) in [5.74, 6) is -0.611. The maximum Gasteiger partial charge on any atom is 0.264 e. The van der Waals surface area contributed by atoms with Crippen molar-refractivity contribution in [1.82, 2.24) is 10.2 Å². The first-order valence-corrected chi connectivity index (χ1v) is 15.9. The van der Waals surface area contributed by atoms with Crippen molar-refractivity contribution < 1.29 is 22.7 Å². The molecule has 224 valence electrons. The molecule has 0 bridgehead atoms. The Labute approximate surface area is 261 Å². The van der Waals surface area contributed by atoms with Crippen LogP contribution in [0.3, 0.4) is 0 Å². The number of carbonyl (C=O) groups excluding carboxylic acids is 2. The summed E-state index contributed by atoms with van der Waals surface area (Å²) in [6, 6.07) is 29.0. The molecule has 4 aromatic carbocycles. The van der Waals surface area contributed by atoms with Gasteiger partial charge in [0.05, 0.1) is 17.7 Å². The fourth-order valence-corrected chi connectivity index (χ4v) is 6.44. The number of amides is 2. The molecule has 2 amide bonds. The molecule has 0 aliphatic carbocycles. The van der Waals surface area contributed by atoms with E-state index in [4.69, 9.17) is 4.74 Å². The van der Waals surface area contributed by atoms with Crippen LogP contribution in [0.25, 0.3) is 0 Å². The first kappa shape index (κ1) is 31.8. The normalized spacial score (nSPS) is 11.8. The number of likely N-dealkylation sites (N-methyl/N-ethyl adjacent to an activating group) is 1. The number of halogens is 1. The van der Waals surface area contributed by atoms with E-state index >= 15 is 0 Å². The number of aryl methyl sites for hydroxylation is 1. The van der Waals surface area contributed by atoms with E-state index in [1.807, 2.05) is 61.5 Å². The summed E-state index contributed by atoms with van der Waals surface area (Å²) in [5.41, 5.74) is 2.65. The van der Waals surface area contributed by atoms with Crippen molar-refractivity contribution in [2.24, 2.45) is 0 Å². The largest absolute Gasteiger partial charge is 0.495 e. The fourth-order valence-electron chi connectivity index (χ4n) is 4.74. The van der Waals surface area contributed by atoms with Gasteiger partial charge >= 0.3 is 0 Å². The van der Waals surface area contributed by atoms with Gasteiger partial charge in [0, 0.05) is 24.5 Å². The summed E-state index contributed by atoms with van der Waals surface area (Å²) >= 11 is 3.44. The third-order valence-corrected chi connectivity index (χ3v) is 9.30. The lowest BCUT2D eigenvalue weighted by Gasteiger charge is -2.34. The van der Waals surface area contributed by atoms with Crippen LogP contribution in [0.5, 0.6) is 5.75 Å². The lowest BCUT2D eigenvalue weighted by Crippen LogP contribution is -2.53. The summed E-state index contributed by atoms with van der Waals surface area (Å²) in [7, 11) is -1.25. The van der Waals surface area contributed by atoms with E-state index in [1.54, 1.807) is 36.4 Å². The molecule has 0 aliphatic rings. The first-order chi connectivity index (χ1) is 20.6. The van der Waals surface area contributed by atoms with Crippen molar-refractivity contribution in [3.05, 3.63) is 124 Å². The van der Waals surface area contributed by atoms with Crippen LogP contribution in [-0.4, -0.2) is 51.9 Å². The third-order valence-electron chi connectivity index (χ3n) is 7.00. The molecule has 1 atom stereocenters. The molecule has 1 N–H and O–H groups in total. The highest BCUT2D eigenvalue weighted by atomic mass is 79.9. The molecule has 43 heavy (non-hydrogen) atoms. The van der Waals surface area contributed by atoms with Crippen molar-refractivity contribution in [3.8, 4) is 5.75 Å². The molecule has 1 unspecified atom stereocenters. The zero-order valence-electron chi connectivity index (χ0n) is 24.2. The Morgan fingerprint density at radius 2 is 1.51 bits per heavy atom. The summed E-state index contributed by atoms with van der Waals surface area (Å²) in [5, 5.41) is 2.69. The average molecular weight is 665 g/mol. The molecule has 4 rings (SSSR count). The maximum absolute atomic E-state index is 14.4. The topological polar surface area (TPSA) is 96.0 Å². The molecule has 10 heteroatoms. The minimum atomic E-state index is -4.22. The van der Waals surface area contributed by atoms with Gasteiger partial charge in [0.15, 0.2) is 0 Å². The molecule has 0 saturated heterocycles. The van der Waals surface area contributed by atoms with Gasteiger partial charge in [0.25, 0.3) is 10.0 Å². The van der Waals surface area contributed by atoms with Gasteiger partial charge in [-0.15, -0.1) is 0 Å². The molecule has 0 fully saturated rings. The van der Waals surface area contributed by atoms with Crippen molar-refractivity contribution in [3.63, 3.8) is 0 Å². The van der Waals surface area contributed by atoms with Crippen molar-refractivity contribution in [2.45, 2.75) is 30.8 Å². The summed E-state index contributed by atoms with van der Waals surface area (Å²) in [6.07, 6.45) is 0.238. The first-order valence-electron chi connectivity index (χ1n) is 13.7. The van der Waals surface area contributed by atoms with E-state index in [0.29, 0.717) is 5.75 Å². The maximum atomic E-state index is 14.4. The lowest BCUT2D eigenvalue weighted by molar-refractivity contribution is -0.139. The summed E-state index contributed by atoms with van der Waals surface area (Å²) < 4.78 is 35.7. The number of nitrogens with one attached hydrogen (secondary N) is 1. The predicted octanol–water partition coefficient (Wildman–Crippen LogP) is 5.35. The highest BCUT2D eigenvalue weighted by Gasteiger charge is 2.35.